The van der Waals surface area contributed by atoms with Crippen LogP contribution in [0.5, 0.6) is 0 Å². The number of hydrogen-bond donors (Lipinski definition) is 2. The largest absolute Gasteiger partial charge is 0.481 e. The van der Waals surface area contributed by atoms with Crippen LogP contribution in [0.15, 0.2) is 24.3 Å². The lowest BCUT2D eigenvalue weighted by atomic mass is 9.80. The number of benzene rings is 1. The van der Waals surface area contributed by atoms with E-state index in [1.165, 1.54) is 0 Å². The van der Waals surface area contributed by atoms with Crippen LogP contribution in [0.1, 0.15) is 48.9 Å². The Morgan fingerprint density at radius 2 is 1.86 bits per heavy atom. The fourth-order valence-electron chi connectivity index (χ4n) is 2.85. The van der Waals surface area contributed by atoms with Gasteiger partial charge in [0.05, 0.1) is 5.41 Å². The second-order valence-electron chi connectivity index (χ2n) is 5.69. The lowest BCUT2D eigenvalue weighted by Crippen LogP contribution is -2.42. The molecule has 0 saturated heterocycles. The van der Waals surface area contributed by atoms with Gasteiger partial charge in [0.15, 0.2) is 0 Å². The Kier molecular flexibility index (Phi) is 5.23. The summed E-state index contributed by atoms with van der Waals surface area (Å²) in [6, 6.07) is 6.65. The van der Waals surface area contributed by atoms with Crippen LogP contribution >= 0.6 is 11.6 Å². The molecule has 21 heavy (non-hydrogen) atoms. The fourth-order valence-corrected chi connectivity index (χ4v) is 3.04. The quantitative estimate of drug-likeness (QED) is 0.837. The molecule has 2 rings (SSSR count). The van der Waals surface area contributed by atoms with Gasteiger partial charge in [-0.05, 0) is 31.0 Å². The molecule has 1 saturated carbocycles. The second-order valence-corrected chi connectivity index (χ2v) is 6.13. The summed E-state index contributed by atoms with van der Waals surface area (Å²) in [5.74, 6) is -1.09. The number of carbonyl (C=O) groups is 2. The van der Waals surface area contributed by atoms with Gasteiger partial charge in [-0.25, -0.2) is 0 Å². The molecule has 0 aromatic heterocycles. The Morgan fingerprint density at radius 1 is 1.19 bits per heavy atom. The zero-order valence-electron chi connectivity index (χ0n) is 11.9. The standard InChI is InChI=1S/C16H20ClNO3/c17-13-7-5-6-12(10-13)14(19)18-11-16(15(20)21)8-3-1-2-4-9-16/h5-7,10H,1-4,8-9,11H2,(H,18,19)(H,20,21). The average Bonchev–Trinajstić information content (AvgIpc) is 2.71. The molecule has 1 fully saturated rings. The lowest BCUT2D eigenvalue weighted by molar-refractivity contribution is -0.149. The third-order valence-electron chi connectivity index (χ3n) is 4.19. The first-order valence-electron chi connectivity index (χ1n) is 7.31. The summed E-state index contributed by atoms with van der Waals surface area (Å²) in [6.07, 6.45) is 5.18. The predicted octanol–water partition coefficient (Wildman–Crippen LogP) is 3.50. The molecule has 114 valence electrons. The number of nitrogens with one attached hydrogen (secondary N) is 1. The van der Waals surface area contributed by atoms with E-state index >= 15 is 0 Å². The molecule has 1 aliphatic rings. The maximum absolute atomic E-state index is 12.1. The Morgan fingerprint density at radius 3 is 2.43 bits per heavy atom. The molecule has 0 heterocycles. The summed E-state index contributed by atoms with van der Waals surface area (Å²) in [7, 11) is 0. The molecule has 0 atom stereocenters. The van der Waals surface area contributed by atoms with E-state index in [-0.39, 0.29) is 12.5 Å². The van der Waals surface area contributed by atoms with Gasteiger partial charge in [0, 0.05) is 17.1 Å². The first-order valence-corrected chi connectivity index (χ1v) is 7.68. The molecule has 0 spiro atoms. The van der Waals surface area contributed by atoms with E-state index in [0.717, 1.165) is 25.7 Å². The summed E-state index contributed by atoms with van der Waals surface area (Å²) in [6.45, 7) is 0.174. The van der Waals surface area contributed by atoms with Gasteiger partial charge >= 0.3 is 5.97 Å². The van der Waals surface area contributed by atoms with Crippen molar-refractivity contribution in [3.63, 3.8) is 0 Å². The van der Waals surface area contributed by atoms with E-state index in [1.807, 2.05) is 0 Å². The zero-order valence-corrected chi connectivity index (χ0v) is 12.7. The minimum Gasteiger partial charge on any atom is -0.481 e. The second kappa shape index (κ2) is 6.94. The normalized spacial score (nSPS) is 17.8. The highest BCUT2D eigenvalue weighted by atomic mass is 35.5. The number of aliphatic carboxylic acids is 1. The smallest absolute Gasteiger partial charge is 0.311 e. The van der Waals surface area contributed by atoms with Crippen LogP contribution in [0, 0.1) is 5.41 Å². The van der Waals surface area contributed by atoms with Gasteiger partial charge in [0.2, 0.25) is 0 Å². The van der Waals surface area contributed by atoms with Crippen molar-refractivity contribution in [1.29, 1.82) is 0 Å². The summed E-state index contributed by atoms with van der Waals surface area (Å²) in [5, 5.41) is 12.8. The van der Waals surface area contributed by atoms with Gasteiger partial charge in [-0.2, -0.15) is 0 Å². The van der Waals surface area contributed by atoms with Crippen molar-refractivity contribution >= 4 is 23.5 Å². The summed E-state index contributed by atoms with van der Waals surface area (Å²) in [5.41, 5.74) is -0.373. The predicted molar refractivity (Wildman–Crippen MR) is 81.6 cm³/mol. The van der Waals surface area contributed by atoms with Crippen LogP contribution in [0.4, 0.5) is 0 Å². The van der Waals surface area contributed by atoms with E-state index < -0.39 is 11.4 Å². The summed E-state index contributed by atoms with van der Waals surface area (Å²) in [4.78, 5) is 23.8. The molecule has 0 radical (unpaired) electrons. The van der Waals surface area contributed by atoms with Gasteiger partial charge in [-0.1, -0.05) is 43.4 Å². The van der Waals surface area contributed by atoms with E-state index in [1.54, 1.807) is 24.3 Å². The molecule has 1 aromatic rings. The Labute approximate surface area is 129 Å². The molecule has 1 aromatic carbocycles. The third-order valence-corrected chi connectivity index (χ3v) is 4.42. The van der Waals surface area contributed by atoms with Gasteiger partial charge in [-0.15, -0.1) is 0 Å². The molecule has 5 heteroatoms. The highest BCUT2D eigenvalue weighted by molar-refractivity contribution is 6.30. The fraction of sp³-hybridized carbons (Fsp3) is 0.500. The minimum atomic E-state index is -0.829. The number of hydrogen-bond acceptors (Lipinski definition) is 2. The van der Waals surface area contributed by atoms with Crippen molar-refractivity contribution < 1.29 is 14.7 Å². The van der Waals surface area contributed by atoms with Crippen molar-refractivity contribution in [1.82, 2.24) is 5.32 Å². The zero-order chi connectivity index (χ0) is 15.3. The van der Waals surface area contributed by atoms with Crippen LogP contribution < -0.4 is 5.32 Å². The number of halogens is 1. The van der Waals surface area contributed by atoms with Crippen LogP contribution in [0.25, 0.3) is 0 Å². The maximum Gasteiger partial charge on any atom is 0.311 e. The summed E-state index contributed by atoms with van der Waals surface area (Å²) >= 11 is 5.86. The number of carbonyl (C=O) groups excluding carboxylic acids is 1. The summed E-state index contributed by atoms with van der Waals surface area (Å²) < 4.78 is 0. The van der Waals surface area contributed by atoms with Gasteiger partial charge in [-0.3, -0.25) is 9.59 Å². The third kappa shape index (κ3) is 3.97. The molecule has 4 nitrogen and oxygen atoms in total. The Bertz CT molecular complexity index is 522. The minimum absolute atomic E-state index is 0.174. The van der Waals surface area contributed by atoms with Gasteiger partial charge in [0.25, 0.3) is 5.91 Å². The topological polar surface area (TPSA) is 66.4 Å². The molecule has 1 aliphatic carbocycles. The van der Waals surface area contributed by atoms with E-state index in [0.29, 0.717) is 23.4 Å². The molecule has 0 unspecified atom stereocenters. The molecule has 0 aliphatic heterocycles. The number of carboxylic acids is 1. The SMILES string of the molecule is O=C(NCC1(C(=O)O)CCCCCC1)c1cccc(Cl)c1. The van der Waals surface area contributed by atoms with Gasteiger partial charge in [0.1, 0.15) is 0 Å². The average molecular weight is 310 g/mol. The van der Waals surface area contributed by atoms with Crippen LogP contribution in [0.2, 0.25) is 5.02 Å². The van der Waals surface area contributed by atoms with Gasteiger partial charge < -0.3 is 10.4 Å². The number of carboxylic acid groups (broad SMARTS) is 1. The van der Waals surface area contributed by atoms with E-state index in [2.05, 4.69) is 5.32 Å². The van der Waals surface area contributed by atoms with Crippen LogP contribution in [-0.2, 0) is 4.79 Å². The van der Waals surface area contributed by atoms with E-state index in [9.17, 15) is 14.7 Å². The highest BCUT2D eigenvalue weighted by Crippen LogP contribution is 2.34. The Hall–Kier alpha value is -1.55. The first kappa shape index (κ1) is 15.8. The maximum atomic E-state index is 12.1. The van der Waals surface area contributed by atoms with Crippen molar-refractivity contribution in [2.75, 3.05) is 6.54 Å². The number of amides is 1. The number of rotatable bonds is 4. The van der Waals surface area contributed by atoms with Crippen LogP contribution in [-0.4, -0.2) is 23.5 Å². The Balaban J connectivity index is 2.04. The first-order chi connectivity index (χ1) is 10.0. The van der Waals surface area contributed by atoms with Crippen molar-refractivity contribution in [2.45, 2.75) is 38.5 Å². The van der Waals surface area contributed by atoms with Crippen molar-refractivity contribution in [2.24, 2.45) is 5.41 Å². The monoisotopic (exact) mass is 309 g/mol. The highest BCUT2D eigenvalue weighted by Gasteiger charge is 2.38. The van der Waals surface area contributed by atoms with E-state index in [4.69, 9.17) is 11.6 Å². The van der Waals surface area contributed by atoms with Crippen LogP contribution in [0.3, 0.4) is 0 Å². The van der Waals surface area contributed by atoms with Crippen molar-refractivity contribution in [3.8, 4) is 0 Å². The molecule has 1 amide bonds. The molecular weight excluding hydrogens is 290 g/mol. The molecular formula is C16H20ClNO3. The van der Waals surface area contributed by atoms with Crippen molar-refractivity contribution in [3.05, 3.63) is 34.9 Å². The molecule has 0 bridgehead atoms. The lowest BCUT2D eigenvalue weighted by Gasteiger charge is -2.28. The molecule has 2 N–H and O–H groups in total.